The number of halogens is 2. The Morgan fingerprint density at radius 1 is 1.17 bits per heavy atom. The van der Waals surface area contributed by atoms with E-state index < -0.39 is 0 Å². The molecule has 1 aromatic carbocycles. The van der Waals surface area contributed by atoms with Gasteiger partial charge in [-0.1, -0.05) is 39.7 Å². The minimum Gasteiger partial charge on any atom is -0.263 e. The van der Waals surface area contributed by atoms with Gasteiger partial charge in [0.25, 0.3) is 0 Å². The van der Waals surface area contributed by atoms with E-state index in [1.54, 1.807) is 6.07 Å². The van der Waals surface area contributed by atoms with Crippen LogP contribution in [0.2, 0.25) is 5.15 Å². The average molecular weight is 324 g/mol. The van der Waals surface area contributed by atoms with Gasteiger partial charge in [-0.25, -0.2) is 4.98 Å². The Balaban J connectivity index is 2.27. The highest BCUT2D eigenvalue weighted by Gasteiger charge is 2.11. The maximum Gasteiger partial charge on any atom is 0.169 e. The summed E-state index contributed by atoms with van der Waals surface area (Å²) in [6.45, 7) is 1.88. The van der Waals surface area contributed by atoms with Crippen molar-refractivity contribution in [2.45, 2.75) is 6.92 Å². The number of rotatable bonds is 1. The van der Waals surface area contributed by atoms with E-state index in [4.69, 9.17) is 11.6 Å². The molecule has 4 nitrogen and oxygen atoms in total. The Labute approximate surface area is 117 Å². The fraction of sp³-hybridized carbons (Fsp3) is 0.0833. The van der Waals surface area contributed by atoms with Crippen LogP contribution < -0.4 is 0 Å². The predicted molar refractivity (Wildman–Crippen MR) is 73.7 cm³/mol. The molecule has 0 bridgehead atoms. The van der Waals surface area contributed by atoms with Gasteiger partial charge in [-0.05, 0) is 19.1 Å². The van der Waals surface area contributed by atoms with Gasteiger partial charge in [0.1, 0.15) is 11.0 Å². The van der Waals surface area contributed by atoms with Crippen LogP contribution in [0.4, 0.5) is 0 Å². The van der Waals surface area contributed by atoms with Gasteiger partial charge >= 0.3 is 0 Å². The molecule has 0 aliphatic carbocycles. The lowest BCUT2D eigenvalue weighted by Gasteiger charge is -2.03. The predicted octanol–water partition coefficient (Wildman–Crippen LogP) is 3.52. The highest BCUT2D eigenvalue weighted by molar-refractivity contribution is 9.10. The van der Waals surface area contributed by atoms with Crippen molar-refractivity contribution in [2.24, 2.45) is 0 Å². The highest BCUT2D eigenvalue weighted by atomic mass is 79.9. The summed E-state index contributed by atoms with van der Waals surface area (Å²) < 4.78 is 2.91. The number of fused-ring (bicyclic) bond motifs is 1. The lowest BCUT2D eigenvalue weighted by atomic mass is 10.2. The van der Waals surface area contributed by atoms with E-state index >= 15 is 0 Å². The third-order valence-corrected chi connectivity index (χ3v) is 3.35. The molecular formula is C12H8BrClN4. The zero-order valence-electron chi connectivity index (χ0n) is 9.43. The molecule has 3 aromatic rings. The molecule has 2 heterocycles. The second kappa shape index (κ2) is 4.33. The molecule has 0 fully saturated rings. The van der Waals surface area contributed by atoms with Gasteiger partial charge < -0.3 is 0 Å². The Hall–Kier alpha value is -1.46. The molecule has 0 radical (unpaired) electrons. The Bertz CT molecular complexity index is 721. The van der Waals surface area contributed by atoms with Gasteiger partial charge in [0.15, 0.2) is 11.5 Å². The maximum absolute atomic E-state index is 5.90. The third-order valence-electron chi connectivity index (χ3n) is 2.63. The molecule has 90 valence electrons. The molecule has 6 heteroatoms. The van der Waals surface area contributed by atoms with Crippen molar-refractivity contribution in [2.75, 3.05) is 0 Å². The monoisotopic (exact) mass is 322 g/mol. The first-order valence-corrected chi connectivity index (χ1v) is 6.46. The quantitative estimate of drug-likeness (QED) is 0.644. The topological polar surface area (TPSA) is 43.1 Å². The number of nitrogens with zero attached hydrogens (tertiary/aromatic N) is 4. The lowest BCUT2D eigenvalue weighted by molar-refractivity contribution is 0.988. The van der Waals surface area contributed by atoms with Crippen molar-refractivity contribution in [1.29, 1.82) is 0 Å². The Morgan fingerprint density at radius 3 is 2.61 bits per heavy atom. The van der Waals surface area contributed by atoms with Crippen LogP contribution in [0.25, 0.3) is 17.0 Å². The lowest BCUT2D eigenvalue weighted by Crippen LogP contribution is -1.97. The van der Waals surface area contributed by atoms with E-state index in [0.29, 0.717) is 10.8 Å². The van der Waals surface area contributed by atoms with Crippen LogP contribution in [-0.2, 0) is 0 Å². The van der Waals surface area contributed by atoms with E-state index in [1.165, 1.54) is 0 Å². The minimum absolute atomic E-state index is 0.426. The molecular weight excluding hydrogens is 316 g/mol. The number of hydrogen-bond donors (Lipinski definition) is 0. The molecule has 0 aliphatic heterocycles. The normalized spacial score (nSPS) is 11.1. The van der Waals surface area contributed by atoms with Crippen LogP contribution in [-0.4, -0.2) is 19.6 Å². The molecule has 0 spiro atoms. The first-order chi connectivity index (χ1) is 8.65. The van der Waals surface area contributed by atoms with E-state index in [9.17, 15) is 0 Å². The van der Waals surface area contributed by atoms with Crippen LogP contribution in [0.15, 0.2) is 34.8 Å². The first kappa shape index (κ1) is 11.6. The summed E-state index contributed by atoms with van der Waals surface area (Å²) in [6.07, 6.45) is 0. The van der Waals surface area contributed by atoms with Crippen molar-refractivity contribution < 1.29 is 0 Å². The largest absolute Gasteiger partial charge is 0.263 e. The van der Waals surface area contributed by atoms with E-state index in [1.807, 2.05) is 35.6 Å². The molecule has 0 saturated carbocycles. The van der Waals surface area contributed by atoms with Gasteiger partial charge in [-0.15, -0.1) is 10.2 Å². The summed E-state index contributed by atoms with van der Waals surface area (Å²) in [4.78, 5) is 4.22. The Morgan fingerprint density at radius 2 is 1.89 bits per heavy atom. The summed E-state index contributed by atoms with van der Waals surface area (Å²) in [6, 6.07) is 9.59. The fourth-order valence-corrected chi connectivity index (χ4v) is 2.32. The van der Waals surface area contributed by atoms with E-state index in [0.717, 1.165) is 21.7 Å². The van der Waals surface area contributed by atoms with Crippen LogP contribution >= 0.6 is 27.5 Å². The SMILES string of the molecule is Cc1nc(Cl)cc2nnc(-c3ccc(Br)cc3)n12. The van der Waals surface area contributed by atoms with Crippen LogP contribution in [0.3, 0.4) is 0 Å². The zero-order valence-corrected chi connectivity index (χ0v) is 11.8. The minimum atomic E-state index is 0.426. The smallest absolute Gasteiger partial charge is 0.169 e. The summed E-state index contributed by atoms with van der Waals surface area (Å²) in [5.41, 5.74) is 1.68. The van der Waals surface area contributed by atoms with Gasteiger partial charge in [0.2, 0.25) is 0 Å². The second-order valence-electron chi connectivity index (χ2n) is 3.85. The number of hydrogen-bond acceptors (Lipinski definition) is 3. The highest BCUT2D eigenvalue weighted by Crippen LogP contribution is 2.22. The maximum atomic E-state index is 5.90. The molecule has 0 unspecified atom stereocenters. The Kier molecular flexibility index (Phi) is 2.80. The number of aryl methyl sites for hydroxylation is 1. The molecule has 0 N–H and O–H groups in total. The summed E-state index contributed by atoms with van der Waals surface area (Å²) >= 11 is 9.31. The van der Waals surface area contributed by atoms with Crippen LogP contribution in [0.1, 0.15) is 5.82 Å². The second-order valence-corrected chi connectivity index (χ2v) is 5.15. The standard InChI is InChI=1S/C12H8BrClN4/c1-7-15-10(14)6-11-16-17-12(18(7)11)8-2-4-9(13)5-3-8/h2-6H,1H3. The van der Waals surface area contributed by atoms with Crippen LogP contribution in [0, 0.1) is 6.92 Å². The van der Waals surface area contributed by atoms with Crippen LogP contribution in [0.5, 0.6) is 0 Å². The summed E-state index contributed by atoms with van der Waals surface area (Å²) in [7, 11) is 0. The number of aromatic nitrogens is 4. The van der Waals surface area contributed by atoms with Crippen molar-refractivity contribution >= 4 is 33.2 Å². The number of benzene rings is 1. The molecule has 18 heavy (non-hydrogen) atoms. The van der Waals surface area contributed by atoms with E-state index in [2.05, 4.69) is 31.1 Å². The van der Waals surface area contributed by atoms with Crippen molar-refractivity contribution in [3.8, 4) is 11.4 Å². The van der Waals surface area contributed by atoms with Crippen molar-refractivity contribution in [1.82, 2.24) is 19.6 Å². The van der Waals surface area contributed by atoms with Gasteiger partial charge in [-0.2, -0.15) is 0 Å². The molecule has 0 amide bonds. The summed E-state index contributed by atoms with van der Waals surface area (Å²) in [5.74, 6) is 1.53. The van der Waals surface area contributed by atoms with Crippen molar-refractivity contribution in [3.63, 3.8) is 0 Å². The summed E-state index contributed by atoms with van der Waals surface area (Å²) in [5, 5.41) is 8.74. The molecule has 3 rings (SSSR count). The molecule has 2 aromatic heterocycles. The molecule has 0 aliphatic rings. The average Bonchev–Trinajstić information content (AvgIpc) is 2.74. The van der Waals surface area contributed by atoms with E-state index in [-0.39, 0.29) is 0 Å². The molecule has 0 saturated heterocycles. The molecule has 0 atom stereocenters. The van der Waals surface area contributed by atoms with Gasteiger partial charge in [-0.3, -0.25) is 4.40 Å². The van der Waals surface area contributed by atoms with Gasteiger partial charge in [0, 0.05) is 16.1 Å². The first-order valence-electron chi connectivity index (χ1n) is 5.29. The fourth-order valence-electron chi connectivity index (χ4n) is 1.84. The van der Waals surface area contributed by atoms with Crippen molar-refractivity contribution in [3.05, 3.63) is 45.8 Å². The van der Waals surface area contributed by atoms with Gasteiger partial charge in [0.05, 0.1) is 0 Å². The third kappa shape index (κ3) is 1.89. The zero-order chi connectivity index (χ0) is 12.7.